The maximum Gasteiger partial charge on any atom is 0.233 e. The maximum atomic E-state index is 11.9. The Morgan fingerprint density at radius 3 is 2.30 bits per heavy atom. The molecule has 0 aliphatic heterocycles. The molecule has 0 saturated carbocycles. The van der Waals surface area contributed by atoms with Crippen LogP contribution in [0.15, 0.2) is 30.3 Å². The van der Waals surface area contributed by atoms with Crippen LogP contribution < -0.4 is 5.32 Å². The zero-order valence-corrected chi connectivity index (χ0v) is 12.9. The van der Waals surface area contributed by atoms with Gasteiger partial charge < -0.3 is 5.32 Å². The van der Waals surface area contributed by atoms with Gasteiger partial charge in [-0.25, -0.2) is 0 Å². The van der Waals surface area contributed by atoms with E-state index < -0.39 is 16.8 Å². The monoisotopic (exact) mass is 295 g/mol. The van der Waals surface area contributed by atoms with Crippen molar-refractivity contribution in [3.8, 4) is 0 Å². The quantitative estimate of drug-likeness (QED) is 0.832. The van der Waals surface area contributed by atoms with E-state index in [0.29, 0.717) is 5.75 Å². The molecule has 2 atom stereocenters. The summed E-state index contributed by atoms with van der Waals surface area (Å²) in [6.07, 6.45) is 0. The van der Waals surface area contributed by atoms with Gasteiger partial charge in [0.15, 0.2) is 5.78 Å². The third-order valence-corrected chi connectivity index (χ3v) is 4.12. The second kappa shape index (κ2) is 7.94. The minimum Gasteiger partial charge on any atom is -0.345 e. The molecule has 0 aliphatic rings. The van der Waals surface area contributed by atoms with Gasteiger partial charge in [0.1, 0.15) is 5.75 Å². The average Bonchev–Trinajstić information content (AvgIpc) is 2.36. The molecule has 4 nitrogen and oxygen atoms in total. The number of hydrogen-bond acceptors (Lipinski definition) is 3. The van der Waals surface area contributed by atoms with Crippen LogP contribution in [0.2, 0.25) is 0 Å². The normalized spacial score (nSPS) is 13.8. The van der Waals surface area contributed by atoms with Crippen molar-refractivity contribution in [3.05, 3.63) is 35.9 Å². The van der Waals surface area contributed by atoms with Gasteiger partial charge in [0, 0.05) is 16.6 Å². The van der Waals surface area contributed by atoms with Gasteiger partial charge in [-0.2, -0.15) is 0 Å². The largest absolute Gasteiger partial charge is 0.345 e. The number of nitrogens with one attached hydrogen (secondary N) is 1. The Kier molecular flexibility index (Phi) is 6.58. The Morgan fingerprint density at radius 1 is 1.20 bits per heavy atom. The van der Waals surface area contributed by atoms with Crippen LogP contribution in [-0.2, 0) is 26.1 Å². The molecule has 0 bridgehead atoms. The van der Waals surface area contributed by atoms with Gasteiger partial charge >= 0.3 is 0 Å². The van der Waals surface area contributed by atoms with Gasteiger partial charge in [-0.1, -0.05) is 44.2 Å². The number of rotatable bonds is 7. The molecule has 1 amide bonds. The van der Waals surface area contributed by atoms with Crippen molar-refractivity contribution in [2.24, 2.45) is 5.92 Å². The number of benzene rings is 1. The highest BCUT2D eigenvalue weighted by atomic mass is 32.2. The van der Waals surface area contributed by atoms with E-state index in [1.807, 2.05) is 44.2 Å². The van der Waals surface area contributed by atoms with E-state index in [0.717, 1.165) is 5.56 Å². The molecule has 0 saturated heterocycles. The SMILES string of the molecule is CC(=O)C(NC(=O)CS(=O)Cc1ccccc1)C(C)C. The summed E-state index contributed by atoms with van der Waals surface area (Å²) in [6.45, 7) is 5.19. The highest BCUT2D eigenvalue weighted by Crippen LogP contribution is 2.05. The molecule has 0 radical (unpaired) electrons. The van der Waals surface area contributed by atoms with E-state index in [1.54, 1.807) is 0 Å². The van der Waals surface area contributed by atoms with Crippen molar-refractivity contribution in [1.29, 1.82) is 0 Å². The Labute approximate surface area is 122 Å². The molecule has 0 spiro atoms. The number of hydrogen-bond donors (Lipinski definition) is 1. The molecule has 5 heteroatoms. The van der Waals surface area contributed by atoms with Crippen LogP contribution in [0.25, 0.3) is 0 Å². The Bertz CT molecular complexity index is 485. The van der Waals surface area contributed by atoms with E-state index in [-0.39, 0.29) is 23.4 Å². The van der Waals surface area contributed by atoms with Crippen molar-refractivity contribution < 1.29 is 13.8 Å². The summed E-state index contributed by atoms with van der Waals surface area (Å²) < 4.78 is 11.9. The van der Waals surface area contributed by atoms with E-state index in [4.69, 9.17) is 0 Å². The molecule has 1 aromatic carbocycles. The van der Waals surface area contributed by atoms with Crippen molar-refractivity contribution in [3.63, 3.8) is 0 Å². The lowest BCUT2D eigenvalue weighted by atomic mass is 10.0. The molecule has 0 aliphatic carbocycles. The summed E-state index contributed by atoms with van der Waals surface area (Å²) in [4.78, 5) is 23.2. The minimum absolute atomic E-state index is 0.0269. The number of ketones is 1. The summed E-state index contributed by atoms with van der Waals surface area (Å²) in [5, 5.41) is 2.65. The fourth-order valence-electron chi connectivity index (χ4n) is 1.91. The highest BCUT2D eigenvalue weighted by Gasteiger charge is 2.21. The molecule has 20 heavy (non-hydrogen) atoms. The summed E-state index contributed by atoms with van der Waals surface area (Å²) in [5.41, 5.74) is 0.936. The molecule has 1 aromatic rings. The van der Waals surface area contributed by atoms with Gasteiger partial charge in [0.05, 0.1) is 6.04 Å². The number of carbonyl (C=O) groups is 2. The standard InChI is InChI=1S/C15H21NO3S/c1-11(2)15(12(3)17)16-14(18)10-20(19)9-13-7-5-4-6-8-13/h4-8,11,15H,9-10H2,1-3H3,(H,16,18). The van der Waals surface area contributed by atoms with Crippen LogP contribution in [0.3, 0.4) is 0 Å². The summed E-state index contributed by atoms with van der Waals surface area (Å²) >= 11 is 0. The number of carbonyl (C=O) groups excluding carboxylic acids is 2. The molecule has 0 fully saturated rings. The predicted molar refractivity (Wildman–Crippen MR) is 80.6 cm³/mol. The second-order valence-electron chi connectivity index (χ2n) is 5.11. The summed E-state index contributed by atoms with van der Waals surface area (Å²) in [5.74, 6) is -0.124. The molecule has 1 rings (SSSR count). The predicted octanol–water partition coefficient (Wildman–Crippen LogP) is 1.67. The third-order valence-electron chi connectivity index (χ3n) is 2.88. The summed E-state index contributed by atoms with van der Waals surface area (Å²) in [6, 6.07) is 8.88. The van der Waals surface area contributed by atoms with Crippen molar-refractivity contribution in [1.82, 2.24) is 5.32 Å². The first kappa shape index (κ1) is 16.6. The maximum absolute atomic E-state index is 11.9. The first-order valence-corrected chi connectivity index (χ1v) is 8.07. The zero-order valence-electron chi connectivity index (χ0n) is 12.1. The molecule has 1 N–H and O–H groups in total. The van der Waals surface area contributed by atoms with Crippen LogP contribution in [-0.4, -0.2) is 27.7 Å². The molecule has 110 valence electrons. The molecular weight excluding hydrogens is 274 g/mol. The van der Waals surface area contributed by atoms with Gasteiger partial charge in [-0.15, -0.1) is 0 Å². The minimum atomic E-state index is -1.27. The molecule has 0 aromatic heterocycles. The van der Waals surface area contributed by atoms with Crippen molar-refractivity contribution in [2.45, 2.75) is 32.6 Å². The fourth-order valence-corrected chi connectivity index (χ4v) is 2.95. The average molecular weight is 295 g/mol. The molecule has 2 unspecified atom stereocenters. The first-order valence-electron chi connectivity index (χ1n) is 6.59. The zero-order chi connectivity index (χ0) is 15.1. The highest BCUT2D eigenvalue weighted by molar-refractivity contribution is 7.84. The summed E-state index contributed by atoms with van der Waals surface area (Å²) in [7, 11) is -1.27. The molecule has 0 heterocycles. The fraction of sp³-hybridized carbons (Fsp3) is 0.467. The molecular formula is C15H21NO3S. The smallest absolute Gasteiger partial charge is 0.233 e. The van der Waals surface area contributed by atoms with Crippen LogP contribution in [0.4, 0.5) is 0 Å². The third kappa shape index (κ3) is 5.65. The van der Waals surface area contributed by atoms with Gasteiger partial charge in [-0.05, 0) is 18.4 Å². The Hall–Kier alpha value is -1.49. The van der Waals surface area contributed by atoms with Gasteiger partial charge in [-0.3, -0.25) is 13.8 Å². The number of amides is 1. The van der Waals surface area contributed by atoms with E-state index in [2.05, 4.69) is 5.32 Å². The van der Waals surface area contributed by atoms with E-state index in [9.17, 15) is 13.8 Å². The second-order valence-corrected chi connectivity index (χ2v) is 6.57. The van der Waals surface area contributed by atoms with Crippen molar-refractivity contribution in [2.75, 3.05) is 5.75 Å². The van der Waals surface area contributed by atoms with Crippen molar-refractivity contribution >= 4 is 22.5 Å². The lowest BCUT2D eigenvalue weighted by molar-refractivity contribution is -0.126. The first-order chi connectivity index (χ1) is 9.40. The topological polar surface area (TPSA) is 63.2 Å². The van der Waals surface area contributed by atoms with Crippen LogP contribution in [0, 0.1) is 5.92 Å². The van der Waals surface area contributed by atoms with E-state index in [1.165, 1.54) is 6.92 Å². The Morgan fingerprint density at radius 2 is 1.80 bits per heavy atom. The van der Waals surface area contributed by atoms with Crippen LogP contribution in [0.5, 0.6) is 0 Å². The van der Waals surface area contributed by atoms with Crippen LogP contribution in [0.1, 0.15) is 26.3 Å². The lowest BCUT2D eigenvalue weighted by Crippen LogP contribution is -2.45. The Balaban J connectivity index is 2.49. The number of Topliss-reactive ketones (excluding diaryl/α,β-unsaturated/α-hetero) is 1. The van der Waals surface area contributed by atoms with Crippen LogP contribution >= 0.6 is 0 Å². The lowest BCUT2D eigenvalue weighted by Gasteiger charge is -2.19. The van der Waals surface area contributed by atoms with E-state index >= 15 is 0 Å². The van der Waals surface area contributed by atoms with Gasteiger partial charge in [0.25, 0.3) is 0 Å². The van der Waals surface area contributed by atoms with Gasteiger partial charge in [0.2, 0.25) is 5.91 Å².